The standard InChI is InChI=1S/C16H30N2O3/c1-4-16(15(20)21)6-5-7-18(11-16)14(19)9-13(10-17)8-12(2)3/h12-13H,4-11,17H2,1-3H3,(H,20,21). The van der Waals surface area contributed by atoms with Crippen LogP contribution in [0.3, 0.4) is 0 Å². The number of carbonyl (C=O) groups excluding carboxylic acids is 1. The Morgan fingerprint density at radius 2 is 2.05 bits per heavy atom. The Morgan fingerprint density at radius 3 is 2.52 bits per heavy atom. The molecule has 0 aromatic heterocycles. The van der Waals surface area contributed by atoms with Crippen LogP contribution in [-0.4, -0.2) is 41.5 Å². The summed E-state index contributed by atoms with van der Waals surface area (Å²) in [6.45, 7) is 7.67. The Hall–Kier alpha value is -1.10. The van der Waals surface area contributed by atoms with Gasteiger partial charge in [-0.15, -0.1) is 0 Å². The molecule has 5 heteroatoms. The molecule has 1 aliphatic heterocycles. The van der Waals surface area contributed by atoms with Gasteiger partial charge in [0.25, 0.3) is 0 Å². The summed E-state index contributed by atoms with van der Waals surface area (Å²) in [7, 11) is 0. The fraction of sp³-hybridized carbons (Fsp3) is 0.875. The van der Waals surface area contributed by atoms with Crippen LogP contribution >= 0.6 is 0 Å². The van der Waals surface area contributed by atoms with Gasteiger partial charge in [-0.3, -0.25) is 9.59 Å². The molecule has 5 nitrogen and oxygen atoms in total. The van der Waals surface area contributed by atoms with Crippen LogP contribution < -0.4 is 5.73 Å². The topological polar surface area (TPSA) is 83.6 Å². The van der Waals surface area contributed by atoms with Crippen molar-refractivity contribution >= 4 is 11.9 Å². The number of carboxylic acid groups (broad SMARTS) is 1. The van der Waals surface area contributed by atoms with Crippen molar-refractivity contribution < 1.29 is 14.7 Å². The zero-order chi connectivity index (χ0) is 16.0. The average molecular weight is 298 g/mol. The van der Waals surface area contributed by atoms with E-state index in [0.29, 0.717) is 44.8 Å². The van der Waals surface area contributed by atoms with E-state index in [1.165, 1.54) is 0 Å². The van der Waals surface area contributed by atoms with Crippen LogP contribution in [-0.2, 0) is 9.59 Å². The third kappa shape index (κ3) is 4.70. The van der Waals surface area contributed by atoms with Crippen molar-refractivity contribution in [3.63, 3.8) is 0 Å². The van der Waals surface area contributed by atoms with E-state index < -0.39 is 11.4 Å². The van der Waals surface area contributed by atoms with E-state index in [1.807, 2.05) is 6.92 Å². The minimum atomic E-state index is -0.778. The van der Waals surface area contributed by atoms with Gasteiger partial charge in [0, 0.05) is 19.5 Å². The van der Waals surface area contributed by atoms with Crippen LogP contribution in [0.1, 0.15) is 52.9 Å². The predicted molar refractivity (Wildman–Crippen MR) is 82.8 cm³/mol. The van der Waals surface area contributed by atoms with Crippen LogP contribution in [0.25, 0.3) is 0 Å². The third-order valence-corrected chi connectivity index (χ3v) is 4.66. The number of nitrogens with zero attached hydrogens (tertiary/aromatic N) is 1. The number of carboxylic acids is 1. The van der Waals surface area contributed by atoms with Crippen molar-refractivity contribution in [2.24, 2.45) is 23.0 Å². The second-order valence-corrected chi connectivity index (χ2v) is 6.79. The summed E-state index contributed by atoms with van der Waals surface area (Å²) >= 11 is 0. The largest absolute Gasteiger partial charge is 0.481 e. The van der Waals surface area contributed by atoms with E-state index in [1.54, 1.807) is 4.90 Å². The molecule has 2 unspecified atom stereocenters. The summed E-state index contributed by atoms with van der Waals surface area (Å²) in [4.78, 5) is 25.7. The van der Waals surface area contributed by atoms with Crippen molar-refractivity contribution in [2.45, 2.75) is 52.9 Å². The van der Waals surface area contributed by atoms with Gasteiger partial charge in [0.2, 0.25) is 5.91 Å². The zero-order valence-electron chi connectivity index (χ0n) is 13.6. The molecule has 0 aliphatic carbocycles. The molecule has 2 atom stereocenters. The lowest BCUT2D eigenvalue weighted by atomic mass is 9.77. The number of nitrogens with two attached hydrogens (primary N) is 1. The van der Waals surface area contributed by atoms with Crippen molar-refractivity contribution in [2.75, 3.05) is 19.6 Å². The van der Waals surface area contributed by atoms with Crippen LogP contribution in [0, 0.1) is 17.3 Å². The van der Waals surface area contributed by atoms with Crippen molar-refractivity contribution in [3.8, 4) is 0 Å². The Labute approximate surface area is 127 Å². The van der Waals surface area contributed by atoms with Gasteiger partial charge in [-0.1, -0.05) is 20.8 Å². The SMILES string of the molecule is CCC1(C(=O)O)CCCN(C(=O)CC(CN)CC(C)C)C1. The highest BCUT2D eigenvalue weighted by Gasteiger charge is 2.42. The molecular formula is C16H30N2O3. The van der Waals surface area contributed by atoms with E-state index in [2.05, 4.69) is 13.8 Å². The number of hydrogen-bond acceptors (Lipinski definition) is 3. The minimum absolute atomic E-state index is 0.0601. The third-order valence-electron chi connectivity index (χ3n) is 4.66. The number of piperidine rings is 1. The van der Waals surface area contributed by atoms with Gasteiger partial charge >= 0.3 is 5.97 Å². The zero-order valence-corrected chi connectivity index (χ0v) is 13.6. The maximum atomic E-state index is 12.5. The average Bonchev–Trinajstić information content (AvgIpc) is 2.45. The van der Waals surface area contributed by atoms with Crippen LogP contribution in [0.5, 0.6) is 0 Å². The van der Waals surface area contributed by atoms with Crippen LogP contribution in [0.4, 0.5) is 0 Å². The highest BCUT2D eigenvalue weighted by molar-refractivity contribution is 5.79. The first-order chi connectivity index (χ1) is 9.84. The molecule has 21 heavy (non-hydrogen) atoms. The normalized spacial score (nSPS) is 24.1. The molecule has 0 spiro atoms. The van der Waals surface area contributed by atoms with E-state index >= 15 is 0 Å². The summed E-state index contributed by atoms with van der Waals surface area (Å²) < 4.78 is 0. The van der Waals surface area contributed by atoms with E-state index in [4.69, 9.17) is 5.73 Å². The summed E-state index contributed by atoms with van der Waals surface area (Å²) in [6.07, 6.45) is 3.37. The number of carbonyl (C=O) groups is 2. The molecule has 0 aromatic rings. The summed E-state index contributed by atoms with van der Waals surface area (Å²) in [5.74, 6) is -0.00771. The Morgan fingerprint density at radius 1 is 1.38 bits per heavy atom. The van der Waals surface area contributed by atoms with Crippen molar-refractivity contribution in [1.82, 2.24) is 4.90 Å². The number of hydrogen-bond donors (Lipinski definition) is 2. The van der Waals surface area contributed by atoms with Gasteiger partial charge in [0.1, 0.15) is 0 Å². The lowest BCUT2D eigenvalue weighted by Crippen LogP contribution is -2.50. The van der Waals surface area contributed by atoms with Gasteiger partial charge in [-0.2, -0.15) is 0 Å². The Kier molecular flexibility index (Phi) is 6.65. The first-order valence-corrected chi connectivity index (χ1v) is 8.06. The molecule has 0 radical (unpaired) electrons. The lowest BCUT2D eigenvalue weighted by Gasteiger charge is -2.40. The van der Waals surface area contributed by atoms with E-state index in [-0.39, 0.29) is 11.8 Å². The van der Waals surface area contributed by atoms with E-state index in [0.717, 1.165) is 12.8 Å². The van der Waals surface area contributed by atoms with E-state index in [9.17, 15) is 14.7 Å². The maximum Gasteiger partial charge on any atom is 0.311 e. The molecule has 1 saturated heterocycles. The molecule has 3 N–H and O–H groups in total. The van der Waals surface area contributed by atoms with Gasteiger partial charge in [-0.05, 0) is 44.1 Å². The Balaban J connectivity index is 2.67. The van der Waals surface area contributed by atoms with Crippen molar-refractivity contribution in [3.05, 3.63) is 0 Å². The quantitative estimate of drug-likeness (QED) is 0.754. The summed E-state index contributed by atoms with van der Waals surface area (Å²) in [5, 5.41) is 9.48. The Bertz CT molecular complexity index is 371. The molecule has 1 aliphatic rings. The first-order valence-electron chi connectivity index (χ1n) is 8.06. The molecular weight excluding hydrogens is 268 g/mol. The smallest absolute Gasteiger partial charge is 0.311 e. The molecule has 0 bridgehead atoms. The molecule has 122 valence electrons. The van der Waals surface area contributed by atoms with Gasteiger partial charge in [0.15, 0.2) is 0 Å². The summed E-state index contributed by atoms with van der Waals surface area (Å²) in [6, 6.07) is 0. The number of amides is 1. The summed E-state index contributed by atoms with van der Waals surface area (Å²) in [5.41, 5.74) is 5.00. The molecule has 1 amide bonds. The minimum Gasteiger partial charge on any atom is -0.481 e. The van der Waals surface area contributed by atoms with Gasteiger partial charge < -0.3 is 15.7 Å². The maximum absolute atomic E-state index is 12.5. The molecule has 0 saturated carbocycles. The number of likely N-dealkylation sites (tertiary alicyclic amines) is 1. The first kappa shape index (κ1) is 18.0. The van der Waals surface area contributed by atoms with Crippen LogP contribution in [0.2, 0.25) is 0 Å². The fourth-order valence-corrected chi connectivity index (χ4v) is 3.26. The number of aliphatic carboxylic acids is 1. The molecule has 1 fully saturated rings. The molecule has 0 aromatic carbocycles. The molecule has 1 heterocycles. The fourth-order valence-electron chi connectivity index (χ4n) is 3.26. The molecule has 1 rings (SSSR count). The second-order valence-electron chi connectivity index (χ2n) is 6.79. The highest BCUT2D eigenvalue weighted by atomic mass is 16.4. The second kappa shape index (κ2) is 7.78. The number of rotatable bonds is 7. The van der Waals surface area contributed by atoms with Gasteiger partial charge in [0.05, 0.1) is 5.41 Å². The van der Waals surface area contributed by atoms with Crippen LogP contribution in [0.15, 0.2) is 0 Å². The van der Waals surface area contributed by atoms with Gasteiger partial charge in [-0.25, -0.2) is 0 Å². The lowest BCUT2D eigenvalue weighted by molar-refractivity contribution is -0.155. The highest BCUT2D eigenvalue weighted by Crippen LogP contribution is 2.34. The monoisotopic (exact) mass is 298 g/mol. The predicted octanol–water partition coefficient (Wildman–Crippen LogP) is 2.10. The van der Waals surface area contributed by atoms with Crippen molar-refractivity contribution in [1.29, 1.82) is 0 Å².